The van der Waals surface area contributed by atoms with Gasteiger partial charge in [0.05, 0.1) is 13.7 Å². The summed E-state index contributed by atoms with van der Waals surface area (Å²) in [5.74, 6) is 1.59. The van der Waals surface area contributed by atoms with E-state index in [1.807, 2.05) is 24.3 Å². The third-order valence-electron chi connectivity index (χ3n) is 3.52. The molecule has 2 aromatic carbocycles. The molecule has 0 radical (unpaired) electrons. The van der Waals surface area contributed by atoms with E-state index in [0.29, 0.717) is 6.61 Å². The van der Waals surface area contributed by atoms with Crippen molar-refractivity contribution in [1.29, 1.82) is 0 Å². The van der Waals surface area contributed by atoms with Crippen molar-refractivity contribution in [3.05, 3.63) is 58.6 Å². The summed E-state index contributed by atoms with van der Waals surface area (Å²) in [6.07, 6.45) is 1.96. The average Bonchev–Trinajstić information content (AvgIpc) is 2.58. The fourth-order valence-corrected chi connectivity index (χ4v) is 2.40. The number of nitrogens with one attached hydrogen (secondary N) is 1. The van der Waals surface area contributed by atoms with Gasteiger partial charge in [-0.25, -0.2) is 0 Å². The van der Waals surface area contributed by atoms with Gasteiger partial charge in [0.25, 0.3) is 0 Å². The Hall–Kier alpha value is -1.71. The normalized spacial score (nSPS) is 10.6. The third-order valence-corrected chi connectivity index (χ3v) is 3.77. The third kappa shape index (κ3) is 5.77. The number of benzene rings is 2. The molecule has 0 unspecified atom stereocenters. The highest BCUT2D eigenvalue weighted by atomic mass is 35.5. The molecule has 0 aliphatic carbocycles. The number of hydrogen-bond donors (Lipinski definition) is 1. The van der Waals surface area contributed by atoms with E-state index >= 15 is 0 Å². The Labute approximate surface area is 143 Å². The smallest absolute Gasteiger partial charge is 0.161 e. The molecule has 0 saturated heterocycles. The zero-order chi connectivity index (χ0) is 16.5. The quantitative estimate of drug-likeness (QED) is 0.687. The van der Waals surface area contributed by atoms with Crippen LogP contribution in [0.15, 0.2) is 42.5 Å². The molecular weight excluding hydrogens is 310 g/mol. The Bertz CT molecular complexity index is 599. The predicted octanol–water partition coefficient (Wildman–Crippen LogP) is 4.47. The van der Waals surface area contributed by atoms with E-state index in [9.17, 15) is 0 Å². The Morgan fingerprint density at radius 1 is 1.00 bits per heavy atom. The fourth-order valence-electron chi connectivity index (χ4n) is 2.27. The lowest BCUT2D eigenvalue weighted by molar-refractivity contribution is 0.294. The standard InChI is InChI=1S/C19H24ClNO2/c1-3-12-23-18-9-6-16(13-19(18)22-2)14-21-11-10-15-4-7-17(20)8-5-15/h4-9,13,21H,3,10-12,14H2,1-2H3. The van der Waals surface area contributed by atoms with Gasteiger partial charge in [-0.1, -0.05) is 36.7 Å². The van der Waals surface area contributed by atoms with Crippen molar-refractivity contribution in [3.63, 3.8) is 0 Å². The van der Waals surface area contributed by atoms with Gasteiger partial charge < -0.3 is 14.8 Å². The van der Waals surface area contributed by atoms with Gasteiger partial charge >= 0.3 is 0 Å². The maximum Gasteiger partial charge on any atom is 0.161 e. The van der Waals surface area contributed by atoms with Gasteiger partial charge in [0.1, 0.15) is 0 Å². The Balaban J connectivity index is 1.82. The molecule has 0 aliphatic rings. The molecule has 3 nitrogen and oxygen atoms in total. The summed E-state index contributed by atoms with van der Waals surface area (Å²) >= 11 is 5.89. The molecule has 2 aromatic rings. The fraction of sp³-hybridized carbons (Fsp3) is 0.368. The van der Waals surface area contributed by atoms with Crippen LogP contribution < -0.4 is 14.8 Å². The minimum atomic E-state index is 0.703. The van der Waals surface area contributed by atoms with Crippen LogP contribution in [-0.2, 0) is 13.0 Å². The second kappa shape index (κ2) is 9.43. The molecule has 0 amide bonds. The molecule has 0 spiro atoms. The summed E-state index contributed by atoms with van der Waals surface area (Å²) in [7, 11) is 1.67. The summed E-state index contributed by atoms with van der Waals surface area (Å²) in [5, 5.41) is 4.23. The molecule has 0 aromatic heterocycles. The molecule has 124 valence electrons. The number of ether oxygens (including phenoxy) is 2. The maximum atomic E-state index is 5.89. The zero-order valence-electron chi connectivity index (χ0n) is 13.8. The van der Waals surface area contributed by atoms with Gasteiger partial charge in [-0.3, -0.25) is 0 Å². The van der Waals surface area contributed by atoms with Crippen molar-refractivity contribution in [1.82, 2.24) is 5.32 Å². The van der Waals surface area contributed by atoms with Crippen LogP contribution in [-0.4, -0.2) is 20.3 Å². The van der Waals surface area contributed by atoms with E-state index in [2.05, 4.69) is 30.4 Å². The van der Waals surface area contributed by atoms with Gasteiger partial charge in [-0.05, 0) is 54.8 Å². The highest BCUT2D eigenvalue weighted by Crippen LogP contribution is 2.28. The molecule has 2 rings (SSSR count). The van der Waals surface area contributed by atoms with Crippen LogP contribution in [0.1, 0.15) is 24.5 Å². The first-order valence-corrected chi connectivity index (χ1v) is 8.35. The summed E-state index contributed by atoms with van der Waals surface area (Å²) in [6, 6.07) is 14.1. The van der Waals surface area contributed by atoms with E-state index in [1.165, 1.54) is 11.1 Å². The number of rotatable bonds is 9. The van der Waals surface area contributed by atoms with Crippen LogP contribution in [0.25, 0.3) is 0 Å². The molecule has 0 fully saturated rings. The van der Waals surface area contributed by atoms with E-state index in [-0.39, 0.29) is 0 Å². The van der Waals surface area contributed by atoms with E-state index in [1.54, 1.807) is 7.11 Å². The van der Waals surface area contributed by atoms with Gasteiger partial charge in [-0.15, -0.1) is 0 Å². The molecule has 1 N–H and O–H groups in total. The predicted molar refractivity (Wildman–Crippen MR) is 95.6 cm³/mol. The van der Waals surface area contributed by atoms with Crippen molar-refractivity contribution in [2.24, 2.45) is 0 Å². The molecule has 4 heteroatoms. The average molecular weight is 334 g/mol. The van der Waals surface area contributed by atoms with E-state index < -0.39 is 0 Å². The monoisotopic (exact) mass is 333 g/mol. The maximum absolute atomic E-state index is 5.89. The minimum absolute atomic E-state index is 0.703. The first kappa shape index (κ1) is 17.6. The number of hydrogen-bond acceptors (Lipinski definition) is 3. The van der Waals surface area contributed by atoms with Crippen molar-refractivity contribution < 1.29 is 9.47 Å². The molecule has 0 atom stereocenters. The van der Waals surface area contributed by atoms with E-state index in [0.717, 1.165) is 42.5 Å². The van der Waals surface area contributed by atoms with Gasteiger partial charge in [0.2, 0.25) is 0 Å². The summed E-state index contributed by atoms with van der Waals surface area (Å²) in [5.41, 5.74) is 2.46. The van der Waals surface area contributed by atoms with Gasteiger partial charge in [0, 0.05) is 11.6 Å². The Morgan fingerprint density at radius 2 is 1.74 bits per heavy atom. The lowest BCUT2D eigenvalue weighted by Gasteiger charge is -2.12. The van der Waals surface area contributed by atoms with Crippen LogP contribution in [0.2, 0.25) is 5.02 Å². The van der Waals surface area contributed by atoms with Gasteiger partial charge in [-0.2, -0.15) is 0 Å². The Kier molecular flexibility index (Phi) is 7.24. The van der Waals surface area contributed by atoms with Gasteiger partial charge in [0.15, 0.2) is 11.5 Å². The molecule has 0 aliphatic heterocycles. The van der Waals surface area contributed by atoms with Crippen LogP contribution in [0.4, 0.5) is 0 Å². The second-order valence-electron chi connectivity index (χ2n) is 5.39. The molecular formula is C19H24ClNO2. The van der Waals surface area contributed by atoms with Crippen LogP contribution in [0, 0.1) is 0 Å². The summed E-state index contributed by atoms with van der Waals surface area (Å²) in [6.45, 7) is 4.51. The zero-order valence-corrected chi connectivity index (χ0v) is 14.5. The largest absolute Gasteiger partial charge is 0.493 e. The molecule has 23 heavy (non-hydrogen) atoms. The SMILES string of the molecule is CCCOc1ccc(CNCCc2ccc(Cl)cc2)cc1OC. The van der Waals surface area contributed by atoms with Crippen molar-refractivity contribution in [3.8, 4) is 11.5 Å². The van der Waals surface area contributed by atoms with Crippen LogP contribution in [0.3, 0.4) is 0 Å². The van der Waals surface area contributed by atoms with E-state index in [4.69, 9.17) is 21.1 Å². The molecule has 0 bridgehead atoms. The van der Waals surface area contributed by atoms with Crippen molar-refractivity contribution >= 4 is 11.6 Å². The summed E-state index contributed by atoms with van der Waals surface area (Å²) < 4.78 is 11.1. The highest BCUT2D eigenvalue weighted by Gasteiger charge is 2.05. The van der Waals surface area contributed by atoms with Crippen LogP contribution in [0.5, 0.6) is 11.5 Å². The first-order valence-electron chi connectivity index (χ1n) is 7.97. The lowest BCUT2D eigenvalue weighted by atomic mass is 10.1. The van der Waals surface area contributed by atoms with Crippen LogP contribution >= 0.6 is 11.6 Å². The van der Waals surface area contributed by atoms with Crippen molar-refractivity contribution in [2.45, 2.75) is 26.3 Å². The first-order chi connectivity index (χ1) is 11.2. The summed E-state index contributed by atoms with van der Waals surface area (Å²) in [4.78, 5) is 0. The number of halogens is 1. The number of methoxy groups -OCH3 is 1. The second-order valence-corrected chi connectivity index (χ2v) is 5.82. The highest BCUT2D eigenvalue weighted by molar-refractivity contribution is 6.30. The topological polar surface area (TPSA) is 30.5 Å². The molecule has 0 saturated carbocycles. The molecule has 0 heterocycles. The lowest BCUT2D eigenvalue weighted by Crippen LogP contribution is -2.16. The Morgan fingerprint density at radius 3 is 2.43 bits per heavy atom. The van der Waals surface area contributed by atoms with Crippen molar-refractivity contribution in [2.75, 3.05) is 20.3 Å². The minimum Gasteiger partial charge on any atom is -0.493 e.